The number of likely N-dealkylation sites (tertiary alicyclic amines) is 1. The van der Waals surface area contributed by atoms with E-state index in [1.807, 2.05) is 32.0 Å². The standard InChI is InChI=1S/C20H23N3O4S2/c1-4-20(22(3)16(24)10-28-29-20)18(25)23-8-7-19(2,11-21)17(23)13-5-6-14-15(9-13)27-12-26-14/h5-6,9,17H,4,7-8,10,12H2,1-3H3/t17-,19+,20-/m0/s1. The lowest BCUT2D eigenvalue weighted by atomic mass is 9.80. The van der Waals surface area contributed by atoms with Gasteiger partial charge in [0.2, 0.25) is 12.7 Å². The number of carbonyl (C=O) groups is 2. The molecule has 7 nitrogen and oxygen atoms in total. The van der Waals surface area contributed by atoms with E-state index in [1.54, 1.807) is 16.8 Å². The summed E-state index contributed by atoms with van der Waals surface area (Å²) >= 11 is 0. The van der Waals surface area contributed by atoms with Crippen molar-refractivity contribution in [2.45, 2.75) is 37.6 Å². The topological polar surface area (TPSA) is 82.9 Å². The minimum Gasteiger partial charge on any atom is -0.454 e. The smallest absolute Gasteiger partial charge is 0.260 e. The molecule has 0 unspecified atom stereocenters. The summed E-state index contributed by atoms with van der Waals surface area (Å²) in [6, 6.07) is 7.60. The zero-order chi connectivity index (χ0) is 20.8. The number of nitriles is 1. The van der Waals surface area contributed by atoms with Crippen molar-refractivity contribution in [3.05, 3.63) is 23.8 Å². The number of ether oxygens (including phenoxy) is 2. The van der Waals surface area contributed by atoms with Crippen LogP contribution in [0.2, 0.25) is 0 Å². The molecule has 154 valence electrons. The molecule has 0 N–H and O–H groups in total. The van der Waals surface area contributed by atoms with Crippen LogP contribution in [0.15, 0.2) is 18.2 Å². The van der Waals surface area contributed by atoms with E-state index in [2.05, 4.69) is 6.07 Å². The van der Waals surface area contributed by atoms with Crippen LogP contribution in [-0.4, -0.2) is 52.6 Å². The van der Waals surface area contributed by atoms with E-state index in [0.717, 1.165) is 5.56 Å². The average molecular weight is 434 g/mol. The molecule has 0 saturated carbocycles. The first-order valence-electron chi connectivity index (χ1n) is 9.55. The molecule has 3 atom stereocenters. The summed E-state index contributed by atoms with van der Waals surface area (Å²) in [4.78, 5) is 28.7. The van der Waals surface area contributed by atoms with Crippen LogP contribution in [0.3, 0.4) is 0 Å². The zero-order valence-corrected chi connectivity index (χ0v) is 18.3. The second-order valence-electron chi connectivity index (χ2n) is 7.73. The maximum Gasteiger partial charge on any atom is 0.260 e. The van der Waals surface area contributed by atoms with Crippen LogP contribution in [0.1, 0.15) is 38.3 Å². The number of hydrogen-bond acceptors (Lipinski definition) is 7. The molecule has 2 saturated heterocycles. The van der Waals surface area contributed by atoms with Crippen molar-refractivity contribution in [1.29, 1.82) is 5.26 Å². The lowest BCUT2D eigenvalue weighted by molar-refractivity contribution is -0.147. The Morgan fingerprint density at radius 3 is 2.86 bits per heavy atom. The van der Waals surface area contributed by atoms with Gasteiger partial charge >= 0.3 is 0 Å². The quantitative estimate of drug-likeness (QED) is 0.677. The molecule has 3 aliphatic rings. The number of fused-ring (bicyclic) bond motifs is 1. The summed E-state index contributed by atoms with van der Waals surface area (Å²) in [5.74, 6) is 1.48. The highest BCUT2D eigenvalue weighted by Crippen LogP contribution is 2.52. The third-order valence-corrected chi connectivity index (χ3v) is 9.15. The van der Waals surface area contributed by atoms with Gasteiger partial charge in [0, 0.05) is 13.6 Å². The van der Waals surface area contributed by atoms with Gasteiger partial charge in [-0.15, -0.1) is 0 Å². The summed E-state index contributed by atoms with van der Waals surface area (Å²) in [6.45, 7) is 4.46. The van der Waals surface area contributed by atoms with Crippen LogP contribution >= 0.6 is 21.6 Å². The van der Waals surface area contributed by atoms with Gasteiger partial charge in [-0.1, -0.05) is 34.6 Å². The van der Waals surface area contributed by atoms with Crippen molar-refractivity contribution >= 4 is 33.4 Å². The molecular formula is C20H23N3O4S2. The van der Waals surface area contributed by atoms with Crippen molar-refractivity contribution in [2.75, 3.05) is 26.1 Å². The first kappa shape index (κ1) is 20.2. The highest BCUT2D eigenvalue weighted by Gasteiger charge is 2.55. The molecule has 0 spiro atoms. The lowest BCUT2D eigenvalue weighted by Gasteiger charge is -2.45. The molecule has 0 bridgehead atoms. The first-order chi connectivity index (χ1) is 13.9. The predicted molar refractivity (Wildman–Crippen MR) is 111 cm³/mol. The SMILES string of the molecule is CC[C@@]1(C(=O)N2CC[C@](C)(C#N)[C@@H]2c2ccc3c(c2)OCO3)SSCC(=O)N1C. The molecule has 1 aromatic rings. The molecule has 2 amide bonds. The molecule has 0 radical (unpaired) electrons. The second kappa shape index (κ2) is 7.33. The number of rotatable bonds is 3. The molecule has 2 fully saturated rings. The predicted octanol–water partition coefficient (Wildman–Crippen LogP) is 3.18. The van der Waals surface area contributed by atoms with Crippen LogP contribution < -0.4 is 9.47 Å². The van der Waals surface area contributed by atoms with Gasteiger partial charge in [0.25, 0.3) is 5.91 Å². The van der Waals surface area contributed by atoms with E-state index in [0.29, 0.717) is 36.6 Å². The van der Waals surface area contributed by atoms with Crippen LogP contribution in [0.25, 0.3) is 0 Å². The summed E-state index contributed by atoms with van der Waals surface area (Å²) in [6.07, 6.45) is 1.07. The largest absolute Gasteiger partial charge is 0.454 e. The molecular weight excluding hydrogens is 410 g/mol. The van der Waals surface area contributed by atoms with Gasteiger partial charge in [-0.2, -0.15) is 5.26 Å². The Balaban J connectivity index is 1.75. The Bertz CT molecular complexity index is 904. The fourth-order valence-electron chi connectivity index (χ4n) is 4.31. The van der Waals surface area contributed by atoms with Gasteiger partial charge < -0.3 is 19.3 Å². The normalized spacial score (nSPS) is 31.1. The summed E-state index contributed by atoms with van der Waals surface area (Å²) in [5.41, 5.74) is 0.116. The number of nitrogens with zero attached hydrogens (tertiary/aromatic N) is 3. The van der Waals surface area contributed by atoms with Gasteiger partial charge in [0.1, 0.15) is 0 Å². The third-order valence-electron chi connectivity index (χ3n) is 6.12. The number of amides is 2. The fraction of sp³-hybridized carbons (Fsp3) is 0.550. The minimum absolute atomic E-state index is 0.0502. The van der Waals surface area contributed by atoms with Gasteiger partial charge in [0.15, 0.2) is 16.4 Å². The van der Waals surface area contributed by atoms with Crippen LogP contribution in [0.4, 0.5) is 0 Å². The first-order valence-corrected chi connectivity index (χ1v) is 11.9. The number of likely N-dealkylation sites (N-methyl/N-ethyl adjacent to an activating group) is 1. The molecule has 9 heteroatoms. The number of hydrogen-bond donors (Lipinski definition) is 0. The van der Waals surface area contributed by atoms with E-state index in [1.165, 1.54) is 21.6 Å². The second-order valence-corrected chi connectivity index (χ2v) is 10.3. The lowest BCUT2D eigenvalue weighted by Crippen LogP contribution is -2.59. The monoisotopic (exact) mass is 433 g/mol. The van der Waals surface area contributed by atoms with E-state index in [-0.39, 0.29) is 18.6 Å². The number of benzene rings is 1. The minimum atomic E-state index is -0.963. The van der Waals surface area contributed by atoms with Crippen molar-refractivity contribution in [2.24, 2.45) is 5.41 Å². The Kier molecular flexibility index (Phi) is 5.11. The van der Waals surface area contributed by atoms with Crippen molar-refractivity contribution < 1.29 is 19.1 Å². The summed E-state index contributed by atoms with van der Waals surface area (Å²) in [7, 11) is 4.57. The van der Waals surface area contributed by atoms with E-state index in [9.17, 15) is 14.9 Å². The van der Waals surface area contributed by atoms with Crippen molar-refractivity contribution in [3.63, 3.8) is 0 Å². The molecule has 29 heavy (non-hydrogen) atoms. The summed E-state index contributed by atoms with van der Waals surface area (Å²) in [5, 5.41) is 9.96. The average Bonchev–Trinajstić information content (AvgIpc) is 3.33. The maximum absolute atomic E-state index is 13.9. The molecule has 4 rings (SSSR count). The number of carbonyl (C=O) groups excluding carboxylic acids is 2. The van der Waals surface area contributed by atoms with E-state index < -0.39 is 16.3 Å². The molecule has 0 aliphatic carbocycles. The Morgan fingerprint density at radius 2 is 2.14 bits per heavy atom. The van der Waals surface area contributed by atoms with Crippen LogP contribution in [-0.2, 0) is 9.59 Å². The molecule has 0 aromatic heterocycles. The molecule has 3 aliphatic heterocycles. The Hall–Kier alpha value is -2.05. The molecule has 3 heterocycles. The highest BCUT2D eigenvalue weighted by molar-refractivity contribution is 8.77. The fourth-order valence-corrected chi connectivity index (χ4v) is 7.35. The van der Waals surface area contributed by atoms with Gasteiger partial charge in [-0.05, 0) is 37.5 Å². The highest BCUT2D eigenvalue weighted by atomic mass is 33.1. The Labute approximate surface area is 178 Å². The van der Waals surface area contributed by atoms with Crippen LogP contribution in [0.5, 0.6) is 11.5 Å². The summed E-state index contributed by atoms with van der Waals surface area (Å²) < 4.78 is 10.9. The van der Waals surface area contributed by atoms with Gasteiger partial charge in [-0.25, -0.2) is 0 Å². The van der Waals surface area contributed by atoms with Crippen LogP contribution in [0, 0.1) is 16.7 Å². The molecule has 1 aromatic carbocycles. The van der Waals surface area contributed by atoms with Gasteiger partial charge in [0.05, 0.1) is 23.3 Å². The van der Waals surface area contributed by atoms with Gasteiger partial charge in [-0.3, -0.25) is 9.59 Å². The van der Waals surface area contributed by atoms with E-state index in [4.69, 9.17) is 9.47 Å². The zero-order valence-electron chi connectivity index (χ0n) is 16.6. The van der Waals surface area contributed by atoms with E-state index >= 15 is 0 Å². The van der Waals surface area contributed by atoms with Crippen molar-refractivity contribution in [3.8, 4) is 17.6 Å². The maximum atomic E-state index is 13.9. The Morgan fingerprint density at radius 1 is 1.38 bits per heavy atom. The van der Waals surface area contributed by atoms with Crippen molar-refractivity contribution in [1.82, 2.24) is 9.80 Å². The third kappa shape index (κ3) is 3.04.